The van der Waals surface area contributed by atoms with Gasteiger partial charge in [0.05, 0.1) is 42.6 Å². The molecule has 232 valence electrons. The van der Waals surface area contributed by atoms with E-state index in [0.29, 0.717) is 42.3 Å². The molecular formula is C36H39N5O4. The second kappa shape index (κ2) is 12.8. The molecule has 0 unspecified atom stereocenters. The van der Waals surface area contributed by atoms with Crippen LogP contribution in [0.1, 0.15) is 52.0 Å². The Kier molecular flexibility index (Phi) is 8.26. The molecule has 9 nitrogen and oxygen atoms in total. The second-order valence-electron chi connectivity index (χ2n) is 12.0. The van der Waals surface area contributed by atoms with Gasteiger partial charge in [-0.15, -0.1) is 0 Å². The summed E-state index contributed by atoms with van der Waals surface area (Å²) in [7, 11) is 1.62. The molecule has 5 heterocycles. The van der Waals surface area contributed by atoms with E-state index in [4.69, 9.17) is 9.47 Å². The van der Waals surface area contributed by atoms with E-state index < -0.39 is 0 Å². The Bertz CT molecular complexity index is 1720. The highest BCUT2D eigenvalue weighted by molar-refractivity contribution is 6.01. The monoisotopic (exact) mass is 605 g/mol. The number of imidazole rings is 1. The number of rotatable bonds is 9. The highest BCUT2D eigenvalue weighted by Crippen LogP contribution is 2.35. The first-order valence-corrected chi connectivity index (χ1v) is 16.0. The standard InChI is InChI=1S/C36H39N5O4/c1-44-32-24-30-27(13-14-28-11-7-16-40(28)36(30)43)23-33(32)45-22-6-5-15-38-18-20-39(21-19-38)35(42)29-12-8-17-41-31(29)25-37-34(41)26-9-3-2-4-10-26/h2-4,8-10,12-14,17,23-25,28H,5-7,11,15-16,18-22H2,1H3/t28-/m0/s1. The molecular weight excluding hydrogens is 566 g/mol. The van der Waals surface area contributed by atoms with E-state index in [9.17, 15) is 9.59 Å². The number of carbonyl (C=O) groups is 2. The summed E-state index contributed by atoms with van der Waals surface area (Å²) in [4.78, 5) is 37.6. The largest absolute Gasteiger partial charge is 0.493 e. The molecule has 0 aliphatic carbocycles. The predicted octanol–water partition coefficient (Wildman–Crippen LogP) is 5.26. The third-order valence-electron chi connectivity index (χ3n) is 9.24. The maximum atomic E-state index is 13.5. The number of aromatic nitrogens is 2. The quantitative estimate of drug-likeness (QED) is 0.242. The van der Waals surface area contributed by atoms with Crippen LogP contribution in [0, 0.1) is 0 Å². The number of methoxy groups -OCH3 is 1. The van der Waals surface area contributed by atoms with Crippen molar-refractivity contribution in [2.75, 3.05) is 53.0 Å². The molecule has 3 aliphatic rings. The highest BCUT2D eigenvalue weighted by atomic mass is 16.5. The van der Waals surface area contributed by atoms with Crippen molar-refractivity contribution in [1.82, 2.24) is 24.1 Å². The normalized spacial score (nSPS) is 18.2. The third kappa shape index (κ3) is 5.80. The first-order chi connectivity index (χ1) is 22.1. The molecule has 4 aromatic rings. The van der Waals surface area contributed by atoms with Gasteiger partial charge in [-0.1, -0.05) is 42.5 Å². The van der Waals surface area contributed by atoms with Crippen LogP contribution in [-0.4, -0.2) is 94.9 Å². The number of amides is 2. The van der Waals surface area contributed by atoms with Gasteiger partial charge >= 0.3 is 0 Å². The van der Waals surface area contributed by atoms with Crippen molar-refractivity contribution in [2.45, 2.75) is 31.7 Å². The van der Waals surface area contributed by atoms with Gasteiger partial charge in [0.1, 0.15) is 5.82 Å². The maximum absolute atomic E-state index is 13.5. The van der Waals surface area contributed by atoms with Gasteiger partial charge in [-0.3, -0.25) is 18.9 Å². The van der Waals surface area contributed by atoms with E-state index in [2.05, 4.69) is 22.0 Å². The van der Waals surface area contributed by atoms with E-state index >= 15 is 0 Å². The fourth-order valence-electron chi connectivity index (χ4n) is 6.75. The summed E-state index contributed by atoms with van der Waals surface area (Å²) in [6, 6.07) is 17.8. The summed E-state index contributed by atoms with van der Waals surface area (Å²) < 4.78 is 13.8. The molecule has 0 bridgehead atoms. The van der Waals surface area contributed by atoms with Gasteiger partial charge in [0.15, 0.2) is 11.5 Å². The Morgan fingerprint density at radius 1 is 0.978 bits per heavy atom. The minimum atomic E-state index is 0.0554. The molecule has 1 atom stereocenters. The average molecular weight is 606 g/mol. The van der Waals surface area contributed by atoms with Gasteiger partial charge in [-0.05, 0) is 62.1 Å². The van der Waals surface area contributed by atoms with E-state index in [1.54, 1.807) is 13.3 Å². The smallest absolute Gasteiger partial charge is 0.256 e. The first-order valence-electron chi connectivity index (χ1n) is 16.0. The lowest BCUT2D eigenvalue weighted by Crippen LogP contribution is -2.48. The van der Waals surface area contributed by atoms with Crippen molar-refractivity contribution in [2.24, 2.45) is 0 Å². The van der Waals surface area contributed by atoms with Crippen molar-refractivity contribution in [3.8, 4) is 22.9 Å². The van der Waals surface area contributed by atoms with Crippen molar-refractivity contribution in [3.05, 3.63) is 89.8 Å². The molecule has 0 spiro atoms. The summed E-state index contributed by atoms with van der Waals surface area (Å²) in [5.74, 6) is 2.23. The molecule has 2 saturated heterocycles. The molecule has 2 aromatic heterocycles. The van der Waals surface area contributed by atoms with Crippen LogP contribution in [0.3, 0.4) is 0 Å². The Morgan fingerprint density at radius 2 is 1.82 bits per heavy atom. The summed E-state index contributed by atoms with van der Waals surface area (Å²) in [6.07, 6.45) is 11.9. The molecule has 7 rings (SSSR count). The second-order valence-corrected chi connectivity index (χ2v) is 12.0. The van der Waals surface area contributed by atoms with Gasteiger partial charge in [0, 0.05) is 44.5 Å². The number of hydrogen-bond donors (Lipinski definition) is 0. The van der Waals surface area contributed by atoms with E-state index in [1.807, 2.05) is 75.0 Å². The van der Waals surface area contributed by atoms with Crippen molar-refractivity contribution < 1.29 is 19.1 Å². The number of hydrogen-bond acceptors (Lipinski definition) is 6. The summed E-state index contributed by atoms with van der Waals surface area (Å²) in [6.45, 7) is 5.43. The fraction of sp³-hybridized carbons (Fsp3) is 0.361. The van der Waals surface area contributed by atoms with Crippen molar-refractivity contribution >= 4 is 23.4 Å². The number of ether oxygens (including phenoxy) is 2. The van der Waals surface area contributed by atoms with Crippen LogP contribution >= 0.6 is 0 Å². The number of benzene rings is 2. The van der Waals surface area contributed by atoms with Crippen LogP contribution in [0.25, 0.3) is 23.0 Å². The van der Waals surface area contributed by atoms with E-state index in [1.165, 1.54) is 0 Å². The summed E-state index contributed by atoms with van der Waals surface area (Å²) in [5, 5.41) is 0. The first kappa shape index (κ1) is 29.1. The zero-order valence-electron chi connectivity index (χ0n) is 25.7. The molecule has 3 aliphatic heterocycles. The summed E-state index contributed by atoms with van der Waals surface area (Å²) >= 11 is 0. The van der Waals surface area contributed by atoms with Crippen LogP contribution in [0.2, 0.25) is 0 Å². The van der Waals surface area contributed by atoms with E-state index in [-0.39, 0.29) is 17.9 Å². The molecule has 2 aromatic carbocycles. The molecule has 0 radical (unpaired) electrons. The predicted molar refractivity (Wildman–Crippen MR) is 174 cm³/mol. The van der Waals surface area contributed by atoms with Crippen molar-refractivity contribution in [3.63, 3.8) is 0 Å². The zero-order chi connectivity index (χ0) is 30.8. The van der Waals surface area contributed by atoms with Gasteiger partial charge in [0.2, 0.25) is 0 Å². The van der Waals surface area contributed by atoms with Crippen LogP contribution in [0.4, 0.5) is 0 Å². The minimum Gasteiger partial charge on any atom is -0.493 e. The number of fused-ring (bicyclic) bond motifs is 3. The lowest BCUT2D eigenvalue weighted by molar-refractivity contribution is 0.0635. The van der Waals surface area contributed by atoms with Crippen LogP contribution < -0.4 is 9.47 Å². The molecule has 0 saturated carbocycles. The fourth-order valence-corrected chi connectivity index (χ4v) is 6.75. The molecule has 2 fully saturated rings. The Balaban J connectivity index is 0.899. The van der Waals surface area contributed by atoms with Gasteiger partial charge in [0.25, 0.3) is 11.8 Å². The Morgan fingerprint density at radius 3 is 2.64 bits per heavy atom. The molecule has 9 heteroatoms. The molecule has 0 N–H and O–H groups in total. The molecule has 45 heavy (non-hydrogen) atoms. The number of unbranched alkanes of at least 4 members (excludes halogenated alkanes) is 1. The van der Waals surface area contributed by atoms with Gasteiger partial charge < -0.3 is 19.3 Å². The van der Waals surface area contributed by atoms with E-state index in [0.717, 1.165) is 74.3 Å². The zero-order valence-corrected chi connectivity index (χ0v) is 25.7. The van der Waals surface area contributed by atoms with Gasteiger partial charge in [-0.25, -0.2) is 4.98 Å². The average Bonchev–Trinajstić information content (AvgIpc) is 3.72. The Labute approximate surface area is 263 Å². The number of nitrogens with zero attached hydrogens (tertiary/aromatic N) is 5. The number of piperazine rings is 1. The number of pyridine rings is 1. The third-order valence-corrected chi connectivity index (χ3v) is 9.24. The van der Waals surface area contributed by atoms with Crippen molar-refractivity contribution in [1.29, 1.82) is 0 Å². The maximum Gasteiger partial charge on any atom is 0.256 e. The van der Waals surface area contributed by atoms with Crippen LogP contribution in [-0.2, 0) is 0 Å². The summed E-state index contributed by atoms with van der Waals surface area (Å²) in [5.41, 5.74) is 4.10. The Hall–Kier alpha value is -4.63. The van der Waals surface area contributed by atoms with Crippen LogP contribution in [0.15, 0.2) is 73.1 Å². The minimum absolute atomic E-state index is 0.0554. The highest BCUT2D eigenvalue weighted by Gasteiger charge is 2.31. The SMILES string of the molecule is COc1cc2c(cc1OCCCCN1CCN(C(=O)c3cccn4c(-c5ccccc5)ncc34)CC1)C=C[C@@H]1CCCN1C2=O. The molecule has 2 amide bonds. The topological polar surface area (TPSA) is 79.6 Å². The van der Waals surface area contributed by atoms with Gasteiger partial charge in [-0.2, -0.15) is 0 Å². The number of carbonyl (C=O) groups excluding carboxylic acids is 2. The lowest BCUT2D eigenvalue weighted by Gasteiger charge is -2.34. The lowest BCUT2D eigenvalue weighted by atomic mass is 10.1. The van der Waals surface area contributed by atoms with Crippen LogP contribution in [0.5, 0.6) is 11.5 Å².